The van der Waals surface area contributed by atoms with Gasteiger partial charge in [0.15, 0.2) is 21.3 Å². The van der Waals surface area contributed by atoms with Gasteiger partial charge >= 0.3 is 5.69 Å². The molecule has 1 amide bonds. The van der Waals surface area contributed by atoms with Crippen LogP contribution in [0.2, 0.25) is 0 Å². The van der Waals surface area contributed by atoms with Crippen LogP contribution in [0.3, 0.4) is 0 Å². The van der Waals surface area contributed by atoms with Gasteiger partial charge in [-0.2, -0.15) is 0 Å². The van der Waals surface area contributed by atoms with Crippen LogP contribution in [0, 0.1) is 0 Å². The van der Waals surface area contributed by atoms with Gasteiger partial charge < -0.3 is 38.3 Å². The fourth-order valence-electron chi connectivity index (χ4n) is 9.36. The predicted molar refractivity (Wildman–Crippen MR) is 254 cm³/mol. The summed E-state index contributed by atoms with van der Waals surface area (Å²) in [5, 5.41) is 2.81. The van der Waals surface area contributed by atoms with E-state index in [9.17, 15) is 18.0 Å². The van der Waals surface area contributed by atoms with Gasteiger partial charge in [-0.3, -0.25) is 4.79 Å². The summed E-state index contributed by atoms with van der Waals surface area (Å²) in [6.07, 6.45) is -0.0564. The van der Waals surface area contributed by atoms with Crippen LogP contribution in [0.15, 0.2) is 156 Å². The van der Waals surface area contributed by atoms with Gasteiger partial charge in [0, 0.05) is 24.6 Å². The molecule has 3 saturated heterocycles. The van der Waals surface area contributed by atoms with E-state index in [1.807, 2.05) is 84.9 Å². The van der Waals surface area contributed by atoms with Crippen LogP contribution < -0.4 is 20.5 Å². The zero-order valence-electron chi connectivity index (χ0n) is 37.2. The zero-order chi connectivity index (χ0) is 46.8. The molecule has 3 aliphatic heterocycles. The lowest BCUT2D eigenvalue weighted by atomic mass is 9.80. The van der Waals surface area contributed by atoms with E-state index in [1.54, 1.807) is 68.8 Å². The molecule has 6 atom stereocenters. The van der Waals surface area contributed by atoms with Crippen LogP contribution in [0.4, 0.5) is 5.82 Å². The number of aromatic nitrogens is 4. The Balaban J connectivity index is 1.01. The number of carbonyl (C=O) groups excluding carboxylic acids is 1. The van der Waals surface area contributed by atoms with E-state index in [-0.39, 0.29) is 46.7 Å². The van der Waals surface area contributed by atoms with E-state index >= 15 is 0 Å². The van der Waals surface area contributed by atoms with E-state index in [2.05, 4.69) is 24.9 Å². The average molecular weight is 957 g/mol. The summed E-state index contributed by atoms with van der Waals surface area (Å²) < 4.78 is 70.0. The van der Waals surface area contributed by atoms with Crippen LogP contribution in [0.1, 0.15) is 52.5 Å². The number of benzene rings is 5. The Labute approximate surface area is 394 Å². The number of sulfone groups is 1. The fraction of sp³-hybridized carbons (Fsp3) is 0.280. The molecule has 3 fully saturated rings. The summed E-state index contributed by atoms with van der Waals surface area (Å²) in [5.74, 6) is 0.854. The molecule has 0 bridgehead atoms. The number of nitrogens with zero attached hydrogens (tertiary/aromatic N) is 4. The topological polar surface area (TPSA) is 185 Å². The number of rotatable bonds is 16. The third-order valence-corrected chi connectivity index (χ3v) is 16.3. The lowest BCUT2D eigenvalue weighted by Crippen LogP contribution is -2.38. The van der Waals surface area contributed by atoms with Crippen LogP contribution in [0.5, 0.6) is 11.5 Å². The number of carbonyl (C=O) groups is 1. The van der Waals surface area contributed by atoms with Gasteiger partial charge in [0.25, 0.3) is 14.4 Å². The zero-order valence-corrected chi connectivity index (χ0v) is 38.9. The molecule has 3 aliphatic rings. The van der Waals surface area contributed by atoms with Crippen LogP contribution in [-0.2, 0) is 34.0 Å². The van der Waals surface area contributed by atoms with Gasteiger partial charge in [-0.25, -0.2) is 32.4 Å². The maximum atomic E-state index is 14.1. The summed E-state index contributed by atoms with van der Waals surface area (Å²) in [5.41, 5.74) is 1.54. The second-order valence-corrected chi connectivity index (χ2v) is 20.2. The Morgan fingerprint density at radius 2 is 1.44 bits per heavy atom. The lowest BCUT2D eigenvalue weighted by Gasteiger charge is -2.37. The Hall–Kier alpha value is -6.30. The first kappa shape index (κ1) is 45.5. The van der Waals surface area contributed by atoms with Crippen molar-refractivity contribution >= 4 is 41.3 Å². The maximum Gasteiger partial charge on any atom is 0.329 e. The molecular weight excluding hydrogens is 908 g/mol. The SMILES string of the molecule is COc1ccc(C(OC[C@H]2O[C@@H](n3c(=O)[nH]c4c(NC(=O)c5ccccc5)ncnc43)C[C@@H]2O[P@@]2O[C@H](CS(=O)(=O)c3ccccc3)[C@@H]3CCCN32)(c2ccccc2)c2ccc(OC)cc2)cc1. The minimum Gasteiger partial charge on any atom is -0.497 e. The van der Waals surface area contributed by atoms with Crippen molar-refractivity contribution in [3.8, 4) is 11.5 Å². The first-order chi connectivity index (χ1) is 33.1. The second-order valence-electron chi connectivity index (χ2n) is 16.7. The number of nitrogens with one attached hydrogen (secondary N) is 2. The number of hydrogen-bond acceptors (Lipinski definition) is 13. The fourth-order valence-corrected chi connectivity index (χ4v) is 12.9. The smallest absolute Gasteiger partial charge is 0.329 e. The molecule has 18 heteroatoms. The number of amides is 1. The molecule has 68 heavy (non-hydrogen) atoms. The van der Waals surface area contributed by atoms with Gasteiger partial charge in [0.2, 0.25) is 0 Å². The molecule has 0 unspecified atom stereocenters. The number of fused-ring (bicyclic) bond motifs is 2. The monoisotopic (exact) mass is 956 g/mol. The number of anilines is 1. The molecule has 0 aliphatic carbocycles. The Kier molecular flexibility index (Phi) is 13.0. The average Bonchev–Trinajstić information content (AvgIpc) is 4.17. The highest BCUT2D eigenvalue weighted by molar-refractivity contribution is 7.91. The number of ether oxygens (including phenoxy) is 4. The Morgan fingerprint density at radius 3 is 2.09 bits per heavy atom. The number of aromatic amines is 1. The molecule has 350 valence electrons. The highest BCUT2D eigenvalue weighted by Crippen LogP contribution is 2.58. The highest BCUT2D eigenvalue weighted by Gasteiger charge is 2.51. The van der Waals surface area contributed by atoms with Crippen LogP contribution >= 0.6 is 8.53 Å². The highest BCUT2D eigenvalue weighted by atomic mass is 32.2. The van der Waals surface area contributed by atoms with Crippen molar-refractivity contribution in [1.82, 2.24) is 24.2 Å². The van der Waals surface area contributed by atoms with Crippen LogP contribution in [0.25, 0.3) is 11.2 Å². The first-order valence-corrected chi connectivity index (χ1v) is 25.1. The van der Waals surface area contributed by atoms with E-state index in [0.717, 1.165) is 29.5 Å². The number of hydrogen-bond donors (Lipinski definition) is 2. The number of methoxy groups -OCH3 is 2. The molecule has 0 spiro atoms. The van der Waals surface area contributed by atoms with Crippen molar-refractivity contribution in [2.75, 3.05) is 38.4 Å². The molecule has 5 aromatic carbocycles. The lowest BCUT2D eigenvalue weighted by molar-refractivity contribution is -0.0911. The van der Waals surface area contributed by atoms with E-state index < -0.39 is 60.1 Å². The van der Waals surface area contributed by atoms with Crippen molar-refractivity contribution in [1.29, 1.82) is 0 Å². The first-order valence-electron chi connectivity index (χ1n) is 22.3. The minimum atomic E-state index is -3.69. The van der Waals surface area contributed by atoms with Gasteiger partial charge in [-0.1, -0.05) is 91.0 Å². The molecule has 2 aromatic heterocycles. The van der Waals surface area contributed by atoms with Crippen molar-refractivity contribution < 1.29 is 41.2 Å². The molecule has 2 N–H and O–H groups in total. The summed E-state index contributed by atoms with van der Waals surface area (Å²) in [6, 6.07) is 42.2. The normalized spacial score (nSPS) is 21.7. The van der Waals surface area contributed by atoms with E-state index in [1.165, 1.54) is 10.9 Å². The van der Waals surface area contributed by atoms with Gasteiger partial charge in [-0.05, 0) is 78.1 Å². The molecule has 16 nitrogen and oxygen atoms in total. The predicted octanol–water partition coefficient (Wildman–Crippen LogP) is 7.63. The molecule has 5 heterocycles. The van der Waals surface area contributed by atoms with Gasteiger partial charge in [0.1, 0.15) is 41.3 Å². The standard InChI is InChI=1S/C50H49N6O10PS/c1-61-37-24-20-35(21-25-37)50(34-15-8-4-9-16-34,36-22-26-38(62-2)27-23-36)63-30-42-41(65-67-55-28-12-19-40(55)43(66-67)31-68(59,60)39-17-10-5-11-18-39)29-44(64-42)56-47-45(53-49(56)58)46(51-32-52-47)54-48(57)33-13-6-3-7-14-33/h3-11,13-18,20-27,32,40-44H,12,19,28-31H2,1-2H3,(H,53,58)(H,51,52,54,57)/t40-,41-,42+,43+,44+,67-/m0/s1. The molecule has 0 saturated carbocycles. The third-order valence-electron chi connectivity index (χ3n) is 12.7. The summed E-state index contributed by atoms with van der Waals surface area (Å²) >= 11 is 0. The maximum absolute atomic E-state index is 14.1. The van der Waals surface area contributed by atoms with Crippen molar-refractivity contribution in [3.05, 3.63) is 179 Å². The summed E-state index contributed by atoms with van der Waals surface area (Å²) in [4.78, 5) is 39.2. The second kappa shape index (κ2) is 19.4. The summed E-state index contributed by atoms with van der Waals surface area (Å²) in [7, 11) is -2.24. The van der Waals surface area contributed by atoms with E-state index in [4.69, 9.17) is 28.0 Å². The Morgan fingerprint density at radius 1 is 0.824 bits per heavy atom. The minimum absolute atomic E-state index is 0.0446. The molecule has 10 rings (SSSR count). The number of H-pyrrole nitrogens is 1. The molecule has 0 radical (unpaired) electrons. The number of imidazole rings is 1. The van der Waals surface area contributed by atoms with Crippen LogP contribution in [-0.4, -0.2) is 96.0 Å². The van der Waals surface area contributed by atoms with E-state index in [0.29, 0.717) is 23.6 Å². The summed E-state index contributed by atoms with van der Waals surface area (Å²) in [6.45, 7) is 0.621. The van der Waals surface area contributed by atoms with Gasteiger partial charge in [-0.15, -0.1) is 0 Å². The molecule has 7 aromatic rings. The Bertz CT molecular complexity index is 2990. The largest absolute Gasteiger partial charge is 0.497 e. The third kappa shape index (κ3) is 8.82. The van der Waals surface area contributed by atoms with Crippen molar-refractivity contribution in [3.63, 3.8) is 0 Å². The molecular formula is C50H49N6O10PS. The quantitative estimate of drug-likeness (QED) is 0.0712. The van der Waals surface area contributed by atoms with Crippen molar-refractivity contribution in [2.45, 2.75) is 60.3 Å². The van der Waals surface area contributed by atoms with Gasteiger partial charge in [0.05, 0.1) is 43.7 Å². The van der Waals surface area contributed by atoms with Crippen molar-refractivity contribution in [2.24, 2.45) is 0 Å².